The normalized spacial score (nSPS) is 12.3. The molecule has 1 aromatic carbocycles. The molecule has 2 aromatic heterocycles. The van der Waals surface area contributed by atoms with Crippen molar-refractivity contribution in [3.8, 4) is 0 Å². The third-order valence-electron chi connectivity index (χ3n) is 5.17. The van der Waals surface area contributed by atoms with Crippen LogP contribution in [0.4, 0.5) is 5.69 Å². The summed E-state index contributed by atoms with van der Waals surface area (Å²) in [6.45, 7) is 9.27. The Labute approximate surface area is 178 Å². The molecule has 7 nitrogen and oxygen atoms in total. The number of amides is 2. The van der Waals surface area contributed by atoms with E-state index in [2.05, 4.69) is 10.3 Å². The quantitative estimate of drug-likeness (QED) is 0.623. The molecule has 3 rings (SSSR count). The van der Waals surface area contributed by atoms with Gasteiger partial charge in [0.1, 0.15) is 16.7 Å². The summed E-state index contributed by atoms with van der Waals surface area (Å²) in [5.74, 6) is -0.468. The first kappa shape index (κ1) is 21.7. The van der Waals surface area contributed by atoms with Crippen LogP contribution < -0.4 is 16.6 Å². The fourth-order valence-electron chi connectivity index (χ4n) is 3.54. The minimum Gasteiger partial charge on any atom is -0.368 e. The highest BCUT2D eigenvalue weighted by Crippen LogP contribution is 2.30. The number of carbonyl (C=O) groups is 2. The molecule has 1 unspecified atom stereocenters. The molecule has 0 radical (unpaired) electrons. The van der Waals surface area contributed by atoms with Crippen molar-refractivity contribution in [2.24, 2.45) is 5.73 Å². The fraction of sp³-hybridized carbons (Fsp3) is 0.364. The largest absolute Gasteiger partial charge is 0.368 e. The minimum atomic E-state index is -0.782. The number of benzene rings is 1. The molecule has 30 heavy (non-hydrogen) atoms. The third-order valence-corrected chi connectivity index (χ3v) is 6.35. The number of hydrogen-bond donors (Lipinski definition) is 2. The smallest absolute Gasteiger partial charge is 0.266 e. The second-order valence-corrected chi connectivity index (χ2v) is 8.63. The lowest BCUT2D eigenvalue weighted by Gasteiger charge is -2.20. The van der Waals surface area contributed by atoms with Crippen molar-refractivity contribution >= 4 is 39.1 Å². The predicted molar refractivity (Wildman–Crippen MR) is 120 cm³/mol. The molecule has 0 bridgehead atoms. The van der Waals surface area contributed by atoms with Gasteiger partial charge in [-0.3, -0.25) is 19.0 Å². The van der Waals surface area contributed by atoms with Crippen LogP contribution in [0.3, 0.4) is 0 Å². The van der Waals surface area contributed by atoms with Crippen LogP contribution in [0.2, 0.25) is 0 Å². The summed E-state index contributed by atoms with van der Waals surface area (Å²) < 4.78 is 1.40. The highest BCUT2D eigenvalue weighted by molar-refractivity contribution is 7.20. The molecule has 0 fully saturated rings. The number of para-hydroxylation sites is 1. The van der Waals surface area contributed by atoms with E-state index in [0.29, 0.717) is 38.6 Å². The predicted octanol–water partition coefficient (Wildman–Crippen LogP) is 3.89. The Morgan fingerprint density at radius 1 is 1.23 bits per heavy atom. The SMILES string of the molecule is CCC(C(N)=O)n1c(C(C)C)nc2sc(C(=O)Nc3ccccc3C)c(C)c2c1=O. The molecular formula is C22H26N4O3S. The number of rotatable bonds is 6. The number of nitrogens with zero attached hydrogens (tertiary/aromatic N) is 2. The highest BCUT2D eigenvalue weighted by Gasteiger charge is 2.27. The molecule has 0 saturated heterocycles. The first-order valence-corrected chi connectivity index (χ1v) is 10.7. The third kappa shape index (κ3) is 3.75. The summed E-state index contributed by atoms with van der Waals surface area (Å²) in [5.41, 5.74) is 7.45. The highest BCUT2D eigenvalue weighted by atomic mass is 32.1. The number of fused-ring (bicyclic) bond motifs is 1. The van der Waals surface area contributed by atoms with Crippen molar-refractivity contribution in [2.75, 3.05) is 5.32 Å². The van der Waals surface area contributed by atoms with Crippen molar-refractivity contribution in [3.63, 3.8) is 0 Å². The average Bonchev–Trinajstić information content (AvgIpc) is 3.02. The second-order valence-electron chi connectivity index (χ2n) is 7.63. The van der Waals surface area contributed by atoms with E-state index in [0.717, 1.165) is 5.56 Å². The Morgan fingerprint density at radius 2 is 1.90 bits per heavy atom. The maximum atomic E-state index is 13.4. The number of nitrogens with one attached hydrogen (secondary N) is 1. The molecule has 0 saturated carbocycles. The zero-order chi connectivity index (χ0) is 22.2. The van der Waals surface area contributed by atoms with Crippen molar-refractivity contribution in [1.82, 2.24) is 9.55 Å². The number of thiophene rings is 1. The van der Waals surface area contributed by atoms with Gasteiger partial charge in [-0.2, -0.15) is 0 Å². The van der Waals surface area contributed by atoms with E-state index in [1.807, 2.05) is 45.0 Å². The summed E-state index contributed by atoms with van der Waals surface area (Å²) in [5, 5.41) is 3.27. The van der Waals surface area contributed by atoms with E-state index < -0.39 is 11.9 Å². The fourth-order valence-corrected chi connectivity index (χ4v) is 4.61. The van der Waals surface area contributed by atoms with Gasteiger partial charge in [-0.05, 0) is 37.5 Å². The van der Waals surface area contributed by atoms with Gasteiger partial charge >= 0.3 is 0 Å². The number of carbonyl (C=O) groups excluding carboxylic acids is 2. The molecule has 3 N–H and O–H groups in total. The molecule has 0 aliphatic rings. The molecule has 0 aliphatic heterocycles. The van der Waals surface area contributed by atoms with Gasteiger partial charge in [0.05, 0.1) is 10.3 Å². The molecule has 158 valence electrons. The van der Waals surface area contributed by atoms with Crippen LogP contribution in [0.1, 0.15) is 65.8 Å². The number of anilines is 1. The number of hydrogen-bond acceptors (Lipinski definition) is 5. The lowest BCUT2D eigenvalue weighted by atomic mass is 10.1. The Balaban J connectivity index is 2.19. The van der Waals surface area contributed by atoms with Gasteiger partial charge in [-0.15, -0.1) is 11.3 Å². The van der Waals surface area contributed by atoms with Crippen LogP contribution in [-0.2, 0) is 4.79 Å². The van der Waals surface area contributed by atoms with Gasteiger partial charge in [0.15, 0.2) is 0 Å². The van der Waals surface area contributed by atoms with Crippen LogP contribution in [0.25, 0.3) is 10.2 Å². The zero-order valence-electron chi connectivity index (χ0n) is 17.8. The number of aromatic nitrogens is 2. The first-order valence-electron chi connectivity index (χ1n) is 9.89. The maximum Gasteiger partial charge on any atom is 0.266 e. The molecule has 0 aliphatic carbocycles. The van der Waals surface area contributed by atoms with Gasteiger partial charge in [-0.1, -0.05) is 39.0 Å². The van der Waals surface area contributed by atoms with Crippen molar-refractivity contribution in [3.05, 3.63) is 56.4 Å². The van der Waals surface area contributed by atoms with Crippen molar-refractivity contribution in [2.45, 2.75) is 53.0 Å². The van der Waals surface area contributed by atoms with Crippen LogP contribution in [0.15, 0.2) is 29.1 Å². The van der Waals surface area contributed by atoms with E-state index in [9.17, 15) is 14.4 Å². The number of aryl methyl sites for hydroxylation is 2. The topological polar surface area (TPSA) is 107 Å². The lowest BCUT2D eigenvalue weighted by molar-refractivity contribution is -0.121. The van der Waals surface area contributed by atoms with E-state index in [1.54, 1.807) is 13.8 Å². The maximum absolute atomic E-state index is 13.4. The summed E-state index contributed by atoms with van der Waals surface area (Å²) >= 11 is 1.19. The first-order chi connectivity index (χ1) is 14.2. The van der Waals surface area contributed by atoms with E-state index in [4.69, 9.17) is 5.73 Å². The summed E-state index contributed by atoms with van der Waals surface area (Å²) in [4.78, 5) is 44.0. The van der Waals surface area contributed by atoms with E-state index in [-0.39, 0.29) is 17.4 Å². The molecule has 3 aromatic rings. The molecule has 2 amide bonds. The average molecular weight is 427 g/mol. The van der Waals surface area contributed by atoms with Gasteiger partial charge in [-0.25, -0.2) is 4.98 Å². The van der Waals surface area contributed by atoms with Gasteiger partial charge in [0, 0.05) is 11.6 Å². The van der Waals surface area contributed by atoms with Gasteiger partial charge < -0.3 is 11.1 Å². The Kier molecular flexibility index (Phi) is 6.07. The summed E-state index contributed by atoms with van der Waals surface area (Å²) in [6, 6.07) is 6.71. The van der Waals surface area contributed by atoms with Crippen LogP contribution in [-0.4, -0.2) is 21.4 Å². The van der Waals surface area contributed by atoms with E-state index >= 15 is 0 Å². The molecule has 1 atom stereocenters. The molecular weight excluding hydrogens is 400 g/mol. The standard InChI is InChI=1S/C22H26N4O3S/c1-6-15(18(23)27)26-19(11(2)3)25-21-16(22(26)29)13(5)17(30-21)20(28)24-14-10-8-7-9-12(14)4/h7-11,15H,6H2,1-5H3,(H2,23,27)(H,24,28). The monoisotopic (exact) mass is 426 g/mol. The summed E-state index contributed by atoms with van der Waals surface area (Å²) in [6.07, 6.45) is 0.381. The Bertz CT molecular complexity index is 1190. The van der Waals surface area contributed by atoms with Gasteiger partial charge in [0.25, 0.3) is 11.5 Å². The van der Waals surface area contributed by atoms with Crippen molar-refractivity contribution in [1.29, 1.82) is 0 Å². The lowest BCUT2D eigenvalue weighted by Crippen LogP contribution is -2.36. The van der Waals surface area contributed by atoms with Crippen LogP contribution in [0.5, 0.6) is 0 Å². The van der Waals surface area contributed by atoms with Gasteiger partial charge in [0.2, 0.25) is 5.91 Å². The molecule has 8 heteroatoms. The van der Waals surface area contributed by atoms with Crippen molar-refractivity contribution < 1.29 is 9.59 Å². The Hall–Kier alpha value is -3.00. The zero-order valence-corrected chi connectivity index (χ0v) is 18.6. The van der Waals surface area contributed by atoms with Crippen LogP contribution in [0, 0.1) is 13.8 Å². The number of nitrogens with two attached hydrogens (primary N) is 1. The second kappa shape index (κ2) is 8.39. The number of primary amides is 1. The van der Waals surface area contributed by atoms with E-state index in [1.165, 1.54) is 15.9 Å². The summed E-state index contributed by atoms with van der Waals surface area (Å²) in [7, 11) is 0. The van der Waals surface area contributed by atoms with Crippen LogP contribution >= 0.6 is 11.3 Å². The Morgan fingerprint density at radius 3 is 2.47 bits per heavy atom. The minimum absolute atomic E-state index is 0.0952. The molecule has 0 spiro atoms. The molecule has 2 heterocycles.